The number of benzene rings is 2. The summed E-state index contributed by atoms with van der Waals surface area (Å²) in [7, 11) is 0. The van der Waals surface area contributed by atoms with Crippen LogP contribution in [0.15, 0.2) is 60.0 Å². The van der Waals surface area contributed by atoms with E-state index >= 15 is 0 Å². The summed E-state index contributed by atoms with van der Waals surface area (Å²) in [6, 6.07) is 7.48. The fraction of sp³-hybridized carbons (Fsp3) is 0.192. The van der Waals surface area contributed by atoms with Gasteiger partial charge in [-0.2, -0.15) is 4.98 Å². The van der Waals surface area contributed by atoms with E-state index in [1.54, 1.807) is 0 Å². The van der Waals surface area contributed by atoms with Crippen LogP contribution >= 0.6 is 23.2 Å². The first-order valence-corrected chi connectivity index (χ1v) is 14.7. The number of aryl methyl sites for hydroxylation is 1. The van der Waals surface area contributed by atoms with Crippen molar-refractivity contribution in [3.63, 3.8) is 0 Å². The second-order valence-electron chi connectivity index (χ2n) is 9.44. The number of anilines is 1. The van der Waals surface area contributed by atoms with Crippen LogP contribution in [-0.2, 0) is 6.42 Å². The average molecular weight is 738 g/mol. The van der Waals surface area contributed by atoms with Gasteiger partial charge in [-0.1, -0.05) is 28.4 Å². The molecule has 0 saturated heterocycles. The number of hydrogen-bond donors (Lipinski definition) is 5. The Kier molecular flexibility index (Phi) is 11.6. The molecule has 4 heterocycles. The third-order valence-electron chi connectivity index (χ3n) is 6.07. The maximum atomic E-state index is 13.3. The van der Waals surface area contributed by atoms with Crippen LogP contribution in [0.4, 0.5) is 20.4 Å². The molecule has 0 aliphatic heterocycles. The number of amidine groups is 1. The number of ether oxygens (including phenoxy) is 2. The first-order chi connectivity index (χ1) is 24.2. The number of aliphatic imine (C=N–C) groups is 1. The molecular weight excluding hydrogens is 715 g/mol. The quantitative estimate of drug-likeness (QED) is 0.0522. The molecule has 0 unspecified atom stereocenters. The van der Waals surface area contributed by atoms with Gasteiger partial charge in [0.15, 0.2) is 5.84 Å². The lowest BCUT2D eigenvalue weighted by Gasteiger charge is -2.05. The third kappa shape index (κ3) is 8.54. The molecule has 0 amide bonds. The van der Waals surface area contributed by atoms with E-state index < -0.39 is 17.4 Å². The molecule has 0 aliphatic rings. The molecule has 0 radical (unpaired) electrons. The number of hydroxylamine groups is 1. The summed E-state index contributed by atoms with van der Waals surface area (Å²) in [5, 5.41) is 33.6. The van der Waals surface area contributed by atoms with Crippen LogP contribution in [0.3, 0.4) is 0 Å². The Morgan fingerprint density at radius 2 is 1.72 bits per heavy atom. The molecule has 0 saturated carbocycles. The largest absolute Gasteiger partial charge is 0.474 e. The van der Waals surface area contributed by atoms with E-state index in [1.165, 1.54) is 24.3 Å². The Morgan fingerprint density at radius 1 is 1.00 bits per heavy atom. The number of aromatic amines is 1. The molecule has 0 fully saturated rings. The van der Waals surface area contributed by atoms with Gasteiger partial charge in [0.2, 0.25) is 23.2 Å². The number of nitrogens with one attached hydrogen (secondary N) is 2. The molecule has 20 nitrogen and oxygen atoms in total. The minimum absolute atomic E-state index is 0.00860. The topological polar surface area (TPSA) is 283 Å². The van der Waals surface area contributed by atoms with Crippen molar-refractivity contribution >= 4 is 40.7 Å². The summed E-state index contributed by atoms with van der Waals surface area (Å²) in [6.45, 7) is 0.653. The summed E-state index contributed by atoms with van der Waals surface area (Å²) in [6.07, 6.45) is 1.13. The van der Waals surface area contributed by atoms with E-state index in [-0.39, 0.29) is 81.9 Å². The van der Waals surface area contributed by atoms with E-state index in [1.807, 2.05) is 5.48 Å². The molecule has 0 aliphatic carbocycles. The number of nitrogen functional groups attached to an aromatic ring is 1. The molecule has 262 valence electrons. The standard InChI is InChI=1S/C14H14ClFN8O3.C12H9ClFN5O4/c15-8-6-7(3-4-9(8)16)18-12(22-25)11-13(24-27-23-11)26-5-1-2-10-19-14(17)21-20-10;13-7-5-6(1-2-8(7)14)19-10(17-22-12(19)20)9-11(18-23-16-9)21-4-3-15/h3-4,6,25H,1-2,5H2,(H,18,22)(H3,17,19,20,21);1-2,5H,3-4,15H2. The zero-order valence-corrected chi connectivity index (χ0v) is 26.6. The Labute approximate surface area is 286 Å². The van der Waals surface area contributed by atoms with Gasteiger partial charge in [-0.3, -0.25) is 20.3 Å². The van der Waals surface area contributed by atoms with Crippen LogP contribution in [0.5, 0.6) is 11.8 Å². The molecule has 50 heavy (non-hydrogen) atoms. The van der Waals surface area contributed by atoms with Crippen molar-refractivity contribution in [2.45, 2.75) is 12.8 Å². The second kappa shape index (κ2) is 16.4. The molecule has 0 spiro atoms. The fourth-order valence-electron chi connectivity index (χ4n) is 3.88. The maximum absolute atomic E-state index is 13.3. The van der Waals surface area contributed by atoms with Crippen molar-refractivity contribution in [1.29, 1.82) is 0 Å². The monoisotopic (exact) mass is 737 g/mol. The third-order valence-corrected chi connectivity index (χ3v) is 6.65. The van der Waals surface area contributed by atoms with Gasteiger partial charge in [-0.15, -0.1) is 5.10 Å². The SMILES string of the molecule is NCCOc1nonc1-c1noc(=O)n1-c1ccc(F)c(Cl)c1.Nc1n[nH]c(CCCOc2nonc2C(=Nc2ccc(F)c(Cl)c2)NO)n1. The zero-order chi connectivity index (χ0) is 35.6. The molecule has 6 rings (SSSR count). The number of hydrogen-bond acceptors (Lipinski definition) is 17. The molecule has 24 heteroatoms. The van der Waals surface area contributed by atoms with Crippen molar-refractivity contribution in [2.24, 2.45) is 10.7 Å². The smallest absolute Gasteiger partial charge is 0.446 e. The van der Waals surface area contributed by atoms with E-state index in [9.17, 15) is 18.8 Å². The molecule has 0 bridgehead atoms. The van der Waals surface area contributed by atoms with E-state index in [0.717, 1.165) is 16.7 Å². The van der Waals surface area contributed by atoms with Gasteiger partial charge in [-0.25, -0.2) is 32.4 Å². The van der Waals surface area contributed by atoms with Crippen LogP contribution in [0.1, 0.15) is 17.9 Å². The van der Waals surface area contributed by atoms with Crippen LogP contribution in [0.2, 0.25) is 10.0 Å². The Morgan fingerprint density at radius 3 is 2.42 bits per heavy atom. The van der Waals surface area contributed by atoms with Crippen LogP contribution < -0.4 is 32.2 Å². The fourth-order valence-corrected chi connectivity index (χ4v) is 4.23. The van der Waals surface area contributed by atoms with Crippen molar-refractivity contribution in [3.8, 4) is 29.0 Å². The van der Waals surface area contributed by atoms with Crippen LogP contribution in [0.25, 0.3) is 17.2 Å². The lowest BCUT2D eigenvalue weighted by atomic mass is 10.3. The van der Waals surface area contributed by atoms with Crippen LogP contribution in [-0.4, -0.2) is 76.3 Å². The number of nitrogens with two attached hydrogens (primary N) is 2. The van der Waals surface area contributed by atoms with E-state index in [0.29, 0.717) is 18.7 Å². The number of H-pyrrole nitrogens is 1. The van der Waals surface area contributed by atoms with E-state index in [2.05, 4.69) is 59.7 Å². The molecule has 7 N–H and O–H groups in total. The minimum atomic E-state index is -0.824. The summed E-state index contributed by atoms with van der Waals surface area (Å²) >= 11 is 11.4. The second-order valence-corrected chi connectivity index (χ2v) is 10.3. The molecule has 2 aromatic carbocycles. The highest BCUT2D eigenvalue weighted by Gasteiger charge is 2.24. The van der Waals surface area contributed by atoms with Crippen molar-refractivity contribution < 1.29 is 37.2 Å². The van der Waals surface area contributed by atoms with E-state index in [4.69, 9.17) is 44.1 Å². The van der Waals surface area contributed by atoms with Crippen molar-refractivity contribution in [1.82, 2.24) is 51.0 Å². The predicted molar refractivity (Wildman–Crippen MR) is 166 cm³/mol. The maximum Gasteiger partial charge on any atom is 0.446 e. The molecule has 0 atom stereocenters. The summed E-state index contributed by atoms with van der Waals surface area (Å²) in [5.74, 6) is -1.39. The van der Waals surface area contributed by atoms with Gasteiger partial charge in [0.1, 0.15) is 24.1 Å². The Hall–Kier alpha value is -5.97. The molecule has 6 aromatic rings. The van der Waals surface area contributed by atoms with Crippen LogP contribution in [0, 0.1) is 11.6 Å². The zero-order valence-electron chi connectivity index (χ0n) is 25.1. The molecule has 4 aromatic heterocycles. The minimum Gasteiger partial charge on any atom is -0.474 e. The van der Waals surface area contributed by atoms with Gasteiger partial charge in [0.05, 0.1) is 28.0 Å². The van der Waals surface area contributed by atoms with Gasteiger partial charge >= 0.3 is 5.76 Å². The summed E-state index contributed by atoms with van der Waals surface area (Å²) in [5.41, 5.74) is 13.2. The summed E-state index contributed by atoms with van der Waals surface area (Å²) < 4.78 is 52.2. The summed E-state index contributed by atoms with van der Waals surface area (Å²) in [4.78, 5) is 20.0. The number of nitrogens with zero attached hydrogens (tertiary/aromatic N) is 9. The van der Waals surface area contributed by atoms with Gasteiger partial charge in [0.25, 0.3) is 11.8 Å². The normalized spacial score (nSPS) is 11.3. The highest BCUT2D eigenvalue weighted by molar-refractivity contribution is 6.31. The highest BCUT2D eigenvalue weighted by Crippen LogP contribution is 2.27. The van der Waals surface area contributed by atoms with Gasteiger partial charge in [0, 0.05) is 13.0 Å². The first-order valence-electron chi connectivity index (χ1n) is 13.9. The van der Waals surface area contributed by atoms with Gasteiger partial charge in [-0.05, 0) is 63.4 Å². The predicted octanol–water partition coefficient (Wildman–Crippen LogP) is 2.64. The number of rotatable bonds is 12. The molecular formula is C26H23Cl2F2N13O7. The van der Waals surface area contributed by atoms with Crippen molar-refractivity contribution in [2.75, 3.05) is 25.5 Å². The number of aromatic nitrogens is 9. The lowest BCUT2D eigenvalue weighted by Crippen LogP contribution is -2.21. The van der Waals surface area contributed by atoms with Crippen molar-refractivity contribution in [3.05, 3.63) is 80.1 Å². The highest BCUT2D eigenvalue weighted by atomic mass is 35.5. The first kappa shape index (κ1) is 35.3. The van der Waals surface area contributed by atoms with Gasteiger partial charge < -0.3 is 20.9 Å². The Bertz CT molecular complexity index is 2130. The lowest BCUT2D eigenvalue weighted by molar-refractivity contribution is 0.233. The number of halogens is 4. The average Bonchev–Trinajstić information content (AvgIpc) is 3.92. The Balaban J connectivity index is 0.000000197.